The van der Waals surface area contributed by atoms with Crippen LogP contribution in [0.3, 0.4) is 0 Å². The van der Waals surface area contributed by atoms with Gasteiger partial charge in [0.1, 0.15) is 0 Å². The number of carboxylic acid groups (broad SMARTS) is 1. The number of nitrogen functional groups attached to an aromatic ring is 1. The van der Waals surface area contributed by atoms with Crippen molar-refractivity contribution < 1.29 is 9.90 Å². The summed E-state index contributed by atoms with van der Waals surface area (Å²) in [5.41, 5.74) is 9.07. The Bertz CT molecular complexity index is 641. The number of aromatic carboxylic acids is 1. The molecule has 0 saturated heterocycles. The van der Waals surface area contributed by atoms with Crippen molar-refractivity contribution in [2.45, 2.75) is 6.92 Å². The highest BCUT2D eigenvalue weighted by molar-refractivity contribution is 9.10. The van der Waals surface area contributed by atoms with Crippen molar-refractivity contribution in [1.82, 2.24) is 0 Å². The molecule has 0 unspecified atom stereocenters. The van der Waals surface area contributed by atoms with E-state index in [-0.39, 0.29) is 5.56 Å². The minimum Gasteiger partial charge on any atom is -0.478 e. The first-order valence-corrected chi connectivity index (χ1v) is 6.42. The standard InChI is InChI=1S/C14H13BrN2O2/c1-8-6-10(3-4-11(8)15)17-13-7-9(14(18)19)2-5-12(13)16/h2-7,17H,16H2,1H3,(H,18,19). The van der Waals surface area contributed by atoms with Crippen molar-refractivity contribution in [3.05, 3.63) is 52.0 Å². The first-order valence-electron chi connectivity index (χ1n) is 5.63. The summed E-state index contributed by atoms with van der Waals surface area (Å²) >= 11 is 3.43. The maximum atomic E-state index is 10.9. The normalized spacial score (nSPS) is 10.2. The fourth-order valence-electron chi connectivity index (χ4n) is 1.68. The molecule has 0 aliphatic heterocycles. The largest absolute Gasteiger partial charge is 0.478 e. The minimum absolute atomic E-state index is 0.200. The van der Waals surface area contributed by atoms with Crippen molar-refractivity contribution in [2.24, 2.45) is 0 Å². The van der Waals surface area contributed by atoms with Gasteiger partial charge in [0.25, 0.3) is 0 Å². The van der Waals surface area contributed by atoms with Crippen LogP contribution >= 0.6 is 15.9 Å². The first kappa shape index (κ1) is 13.4. The van der Waals surface area contributed by atoms with Crippen LogP contribution in [0.5, 0.6) is 0 Å². The summed E-state index contributed by atoms with van der Waals surface area (Å²) in [5, 5.41) is 12.1. The third kappa shape index (κ3) is 3.06. The molecule has 0 radical (unpaired) electrons. The van der Waals surface area contributed by atoms with Crippen LogP contribution in [-0.2, 0) is 0 Å². The SMILES string of the molecule is Cc1cc(Nc2cc(C(=O)O)ccc2N)ccc1Br. The predicted octanol–water partition coefficient (Wildman–Crippen LogP) is 3.78. The molecule has 2 aromatic rings. The van der Waals surface area contributed by atoms with Gasteiger partial charge in [-0.1, -0.05) is 15.9 Å². The van der Waals surface area contributed by atoms with Crippen LogP contribution in [0.4, 0.5) is 17.1 Å². The van der Waals surface area contributed by atoms with E-state index in [4.69, 9.17) is 10.8 Å². The zero-order valence-corrected chi connectivity index (χ0v) is 11.9. The van der Waals surface area contributed by atoms with Crippen molar-refractivity contribution >= 4 is 39.0 Å². The summed E-state index contributed by atoms with van der Waals surface area (Å²) in [4.78, 5) is 10.9. The number of halogens is 1. The number of aryl methyl sites for hydroxylation is 1. The van der Waals surface area contributed by atoms with Gasteiger partial charge in [0.15, 0.2) is 0 Å². The Morgan fingerprint density at radius 2 is 2.00 bits per heavy atom. The number of anilines is 3. The highest BCUT2D eigenvalue weighted by atomic mass is 79.9. The number of hydrogen-bond donors (Lipinski definition) is 3. The van der Waals surface area contributed by atoms with Gasteiger partial charge < -0.3 is 16.2 Å². The van der Waals surface area contributed by atoms with Gasteiger partial charge >= 0.3 is 5.97 Å². The summed E-state index contributed by atoms with van der Waals surface area (Å²) in [6.07, 6.45) is 0. The lowest BCUT2D eigenvalue weighted by atomic mass is 10.1. The van der Waals surface area contributed by atoms with Crippen LogP contribution in [-0.4, -0.2) is 11.1 Å². The topological polar surface area (TPSA) is 75.3 Å². The molecule has 0 heterocycles. The second-order valence-corrected chi connectivity index (χ2v) is 5.05. The molecule has 0 saturated carbocycles. The molecule has 4 N–H and O–H groups in total. The van der Waals surface area contributed by atoms with E-state index in [1.54, 1.807) is 6.07 Å². The molecule has 0 atom stereocenters. The molecule has 0 aliphatic rings. The number of rotatable bonds is 3. The van der Waals surface area contributed by atoms with E-state index < -0.39 is 5.97 Å². The predicted molar refractivity (Wildman–Crippen MR) is 80.0 cm³/mol. The van der Waals surface area contributed by atoms with Gasteiger partial charge in [0.05, 0.1) is 16.9 Å². The quantitative estimate of drug-likeness (QED) is 0.752. The van der Waals surface area contributed by atoms with E-state index in [9.17, 15) is 4.79 Å². The Hall–Kier alpha value is -2.01. The molecule has 5 heteroatoms. The Labute approximate surface area is 119 Å². The number of nitrogens with two attached hydrogens (primary N) is 1. The molecule has 4 nitrogen and oxygen atoms in total. The molecule has 0 fully saturated rings. The average molecular weight is 321 g/mol. The van der Waals surface area contributed by atoms with Gasteiger partial charge in [-0.25, -0.2) is 4.79 Å². The zero-order valence-electron chi connectivity index (χ0n) is 10.3. The molecular weight excluding hydrogens is 308 g/mol. The maximum absolute atomic E-state index is 10.9. The average Bonchev–Trinajstić information content (AvgIpc) is 2.36. The van der Waals surface area contributed by atoms with Crippen LogP contribution < -0.4 is 11.1 Å². The van der Waals surface area contributed by atoms with Crippen LogP contribution in [0.15, 0.2) is 40.9 Å². The summed E-state index contributed by atoms with van der Waals surface area (Å²) in [6.45, 7) is 1.98. The summed E-state index contributed by atoms with van der Waals surface area (Å²) in [7, 11) is 0. The second-order valence-electron chi connectivity index (χ2n) is 4.20. The van der Waals surface area contributed by atoms with Crippen molar-refractivity contribution in [3.8, 4) is 0 Å². The smallest absolute Gasteiger partial charge is 0.335 e. The van der Waals surface area contributed by atoms with E-state index in [0.29, 0.717) is 11.4 Å². The van der Waals surface area contributed by atoms with Gasteiger partial charge in [-0.05, 0) is 48.9 Å². The van der Waals surface area contributed by atoms with E-state index in [0.717, 1.165) is 15.7 Å². The highest BCUT2D eigenvalue weighted by Crippen LogP contribution is 2.27. The lowest BCUT2D eigenvalue weighted by Gasteiger charge is -2.11. The van der Waals surface area contributed by atoms with Crippen LogP contribution in [0, 0.1) is 6.92 Å². The van der Waals surface area contributed by atoms with Crippen LogP contribution in [0.2, 0.25) is 0 Å². The van der Waals surface area contributed by atoms with E-state index in [1.807, 2.05) is 25.1 Å². The highest BCUT2D eigenvalue weighted by Gasteiger charge is 2.07. The molecule has 98 valence electrons. The first-order chi connectivity index (χ1) is 8.97. The van der Waals surface area contributed by atoms with Gasteiger partial charge in [0.2, 0.25) is 0 Å². The maximum Gasteiger partial charge on any atom is 0.335 e. The van der Waals surface area contributed by atoms with E-state index in [2.05, 4.69) is 21.2 Å². The van der Waals surface area contributed by atoms with Crippen LogP contribution in [0.1, 0.15) is 15.9 Å². The minimum atomic E-state index is -0.977. The van der Waals surface area contributed by atoms with Crippen molar-refractivity contribution in [3.63, 3.8) is 0 Å². The van der Waals surface area contributed by atoms with Gasteiger partial charge in [0, 0.05) is 10.2 Å². The van der Waals surface area contributed by atoms with Gasteiger partial charge in [-0.15, -0.1) is 0 Å². The summed E-state index contributed by atoms with van der Waals surface area (Å²) in [5.74, 6) is -0.977. The Balaban J connectivity index is 2.34. The molecule has 0 aromatic heterocycles. The number of carbonyl (C=O) groups is 1. The van der Waals surface area contributed by atoms with Gasteiger partial charge in [-0.3, -0.25) is 0 Å². The van der Waals surface area contributed by atoms with E-state index >= 15 is 0 Å². The van der Waals surface area contributed by atoms with E-state index in [1.165, 1.54) is 12.1 Å². The lowest BCUT2D eigenvalue weighted by molar-refractivity contribution is 0.0697. The van der Waals surface area contributed by atoms with Crippen molar-refractivity contribution in [2.75, 3.05) is 11.1 Å². The van der Waals surface area contributed by atoms with Crippen LogP contribution in [0.25, 0.3) is 0 Å². The Kier molecular flexibility index (Phi) is 3.76. The molecule has 2 aromatic carbocycles. The third-order valence-corrected chi connectivity index (χ3v) is 3.63. The fraction of sp³-hybridized carbons (Fsp3) is 0.0714. The number of benzene rings is 2. The molecule has 2 rings (SSSR count). The summed E-state index contributed by atoms with van der Waals surface area (Å²) in [6, 6.07) is 10.4. The number of hydrogen-bond acceptors (Lipinski definition) is 3. The molecule has 0 aliphatic carbocycles. The Morgan fingerprint density at radius 3 is 2.63 bits per heavy atom. The third-order valence-electron chi connectivity index (χ3n) is 2.74. The molecular formula is C14H13BrN2O2. The fourth-order valence-corrected chi connectivity index (χ4v) is 1.92. The van der Waals surface area contributed by atoms with Crippen molar-refractivity contribution in [1.29, 1.82) is 0 Å². The summed E-state index contributed by atoms with van der Waals surface area (Å²) < 4.78 is 1.02. The molecule has 0 amide bonds. The lowest BCUT2D eigenvalue weighted by Crippen LogP contribution is -2.01. The molecule has 0 bridgehead atoms. The monoisotopic (exact) mass is 320 g/mol. The zero-order chi connectivity index (χ0) is 14.0. The molecule has 19 heavy (non-hydrogen) atoms. The van der Waals surface area contributed by atoms with Gasteiger partial charge in [-0.2, -0.15) is 0 Å². The Morgan fingerprint density at radius 1 is 1.26 bits per heavy atom. The number of carboxylic acids is 1. The number of nitrogens with one attached hydrogen (secondary N) is 1. The second kappa shape index (κ2) is 5.32. The molecule has 0 spiro atoms.